The first kappa shape index (κ1) is 17.1. The highest BCUT2D eigenvalue weighted by molar-refractivity contribution is 5.53. The fourth-order valence-electron chi connectivity index (χ4n) is 0. The molecule has 0 amide bonds. The van der Waals surface area contributed by atoms with Gasteiger partial charge in [0.2, 0.25) is 0 Å². The van der Waals surface area contributed by atoms with E-state index in [1.165, 1.54) is 0 Å². The number of rotatable bonds is 0. The van der Waals surface area contributed by atoms with Crippen LogP contribution >= 0.6 is 0 Å². The average Bonchev–Trinajstić information content (AvgIpc) is 1.41. The van der Waals surface area contributed by atoms with Crippen molar-refractivity contribution in [3.63, 3.8) is 0 Å². The zero-order valence-corrected chi connectivity index (χ0v) is 3.37. The van der Waals surface area contributed by atoms with E-state index in [0.717, 1.165) is 0 Å². The van der Waals surface area contributed by atoms with Gasteiger partial charge in [-0.2, -0.15) is 0 Å². The molecule has 0 bridgehead atoms. The Bertz CT molecular complexity index is 54.4. The normalized spacial score (nSPS) is 3.71. The second-order valence-corrected chi connectivity index (χ2v) is 0.283. The summed E-state index contributed by atoms with van der Waals surface area (Å²) in [6, 6.07) is 0. The lowest BCUT2D eigenvalue weighted by Crippen LogP contribution is -1.81. The molecular weight excluding hydrogens is 103 g/mol. The van der Waals surface area contributed by atoms with Crippen LogP contribution in [0.1, 0.15) is 0 Å². The van der Waals surface area contributed by atoms with Gasteiger partial charge in [0.15, 0.2) is 0 Å². The zero-order chi connectivity index (χ0) is 5.58. The molecule has 0 aliphatic heterocycles. The minimum atomic E-state index is -1.83. The maximum Gasteiger partial charge on any atom is 0.503 e. The third kappa shape index (κ3) is 23.6. The van der Waals surface area contributed by atoms with Crippen molar-refractivity contribution in [1.29, 1.82) is 0 Å². The number of terminal acetylenes is 1. The molecule has 0 saturated carbocycles. The monoisotopic (exact) mass is 108 g/mol. The van der Waals surface area contributed by atoms with Crippen LogP contribution in [0.4, 0.5) is 9.50 Å². The van der Waals surface area contributed by atoms with Gasteiger partial charge in [-0.05, 0) is 0 Å². The molecular formula is C3H5FO3. The van der Waals surface area contributed by atoms with E-state index in [1.807, 2.05) is 0 Å². The smallest absolute Gasteiger partial charge is 0.450 e. The topological polar surface area (TPSA) is 57.5 Å². The summed E-state index contributed by atoms with van der Waals surface area (Å²) >= 11 is 0. The Morgan fingerprint density at radius 3 is 1.29 bits per heavy atom. The van der Waals surface area contributed by atoms with Crippen LogP contribution in [0.3, 0.4) is 0 Å². The SMILES string of the molecule is C#C.F.O=C(O)O. The van der Waals surface area contributed by atoms with Crippen molar-refractivity contribution in [3.8, 4) is 12.8 Å². The van der Waals surface area contributed by atoms with Crippen molar-refractivity contribution in [3.05, 3.63) is 0 Å². The van der Waals surface area contributed by atoms with Crippen molar-refractivity contribution in [2.24, 2.45) is 0 Å². The standard InChI is InChI=1S/C2H2.CH2O3.FH/c1-2;2-1(3)4;/h1-2H;(H2,2,3,4);1H. The van der Waals surface area contributed by atoms with E-state index in [-0.39, 0.29) is 4.70 Å². The van der Waals surface area contributed by atoms with Crippen LogP contribution in [0.15, 0.2) is 0 Å². The fraction of sp³-hybridized carbons (Fsp3) is 0. The molecule has 3 nitrogen and oxygen atoms in total. The first-order chi connectivity index (χ1) is 2.73. The summed E-state index contributed by atoms with van der Waals surface area (Å²) in [5.74, 6) is 0. The number of hydrogen-bond donors (Lipinski definition) is 2. The molecule has 0 radical (unpaired) electrons. The van der Waals surface area contributed by atoms with Gasteiger partial charge in [-0.25, -0.2) is 4.79 Å². The lowest BCUT2D eigenvalue weighted by Gasteiger charge is -1.60. The van der Waals surface area contributed by atoms with Crippen molar-refractivity contribution in [1.82, 2.24) is 0 Å². The van der Waals surface area contributed by atoms with Crippen LogP contribution in [-0.2, 0) is 0 Å². The van der Waals surface area contributed by atoms with E-state index in [0.29, 0.717) is 0 Å². The molecule has 0 fully saturated rings. The van der Waals surface area contributed by atoms with Crippen molar-refractivity contribution in [2.45, 2.75) is 0 Å². The quantitative estimate of drug-likeness (QED) is 0.447. The van der Waals surface area contributed by atoms with Crippen LogP contribution in [0.5, 0.6) is 0 Å². The molecule has 0 aromatic carbocycles. The van der Waals surface area contributed by atoms with Gasteiger partial charge < -0.3 is 10.2 Å². The molecule has 0 rings (SSSR count). The number of hydrogen-bond acceptors (Lipinski definition) is 1. The molecule has 7 heavy (non-hydrogen) atoms. The Balaban J connectivity index is -0.0000000480. The first-order valence-electron chi connectivity index (χ1n) is 0.985. The molecule has 4 heteroatoms. The molecule has 0 atom stereocenters. The minimum Gasteiger partial charge on any atom is -0.450 e. The molecule has 0 heterocycles. The van der Waals surface area contributed by atoms with Crippen molar-refractivity contribution >= 4 is 6.16 Å². The summed E-state index contributed by atoms with van der Waals surface area (Å²) in [7, 11) is 0. The Labute approximate surface area is 40.0 Å². The zero-order valence-electron chi connectivity index (χ0n) is 3.37. The second-order valence-electron chi connectivity index (χ2n) is 0.283. The van der Waals surface area contributed by atoms with Gasteiger partial charge in [-0.1, -0.05) is 0 Å². The second kappa shape index (κ2) is 21.7. The van der Waals surface area contributed by atoms with Crippen LogP contribution in [0, 0.1) is 12.8 Å². The first-order valence-corrected chi connectivity index (χ1v) is 0.985. The minimum absolute atomic E-state index is 0. The van der Waals surface area contributed by atoms with Gasteiger partial charge in [0.1, 0.15) is 0 Å². The van der Waals surface area contributed by atoms with Crippen LogP contribution in [-0.4, -0.2) is 16.4 Å². The Hall–Kier alpha value is -1.24. The maximum atomic E-state index is 8.56. The molecule has 0 unspecified atom stereocenters. The van der Waals surface area contributed by atoms with Crippen LogP contribution in [0.25, 0.3) is 0 Å². The summed E-state index contributed by atoms with van der Waals surface area (Å²) in [5.41, 5.74) is 0. The number of carbonyl (C=O) groups is 1. The highest BCUT2D eigenvalue weighted by atomic mass is 19.0. The molecule has 2 N–H and O–H groups in total. The van der Waals surface area contributed by atoms with E-state index in [1.54, 1.807) is 0 Å². The Morgan fingerprint density at radius 1 is 1.29 bits per heavy atom. The molecule has 0 aliphatic carbocycles. The summed E-state index contributed by atoms with van der Waals surface area (Å²) in [6.45, 7) is 0. The molecule has 0 aromatic heterocycles. The van der Waals surface area contributed by atoms with Crippen LogP contribution in [0.2, 0.25) is 0 Å². The number of halogens is 1. The third-order valence-electron chi connectivity index (χ3n) is 0. The van der Waals surface area contributed by atoms with Crippen molar-refractivity contribution in [2.75, 3.05) is 0 Å². The van der Waals surface area contributed by atoms with Gasteiger partial charge in [0.05, 0.1) is 0 Å². The average molecular weight is 108 g/mol. The highest BCUT2D eigenvalue weighted by Crippen LogP contribution is 1.42. The van der Waals surface area contributed by atoms with E-state index >= 15 is 0 Å². The molecule has 0 aliphatic rings. The summed E-state index contributed by atoms with van der Waals surface area (Å²) in [5, 5.41) is 13.9. The summed E-state index contributed by atoms with van der Waals surface area (Å²) < 4.78 is 0. The summed E-state index contributed by atoms with van der Waals surface area (Å²) in [6.07, 6.45) is 6.17. The highest BCUT2D eigenvalue weighted by Gasteiger charge is 1.70. The predicted molar refractivity (Wildman–Crippen MR) is 23.0 cm³/mol. The van der Waals surface area contributed by atoms with Gasteiger partial charge in [0.25, 0.3) is 0 Å². The largest absolute Gasteiger partial charge is 0.503 e. The van der Waals surface area contributed by atoms with Crippen LogP contribution < -0.4 is 0 Å². The van der Waals surface area contributed by atoms with Gasteiger partial charge in [-0.3, -0.25) is 4.70 Å². The van der Waals surface area contributed by atoms with E-state index in [9.17, 15) is 0 Å². The van der Waals surface area contributed by atoms with Crippen molar-refractivity contribution < 1.29 is 19.7 Å². The third-order valence-corrected chi connectivity index (χ3v) is 0. The van der Waals surface area contributed by atoms with Gasteiger partial charge >= 0.3 is 6.16 Å². The van der Waals surface area contributed by atoms with E-state index in [2.05, 4.69) is 12.8 Å². The lowest BCUT2D eigenvalue weighted by molar-refractivity contribution is 0.137. The molecule has 0 aromatic rings. The maximum absolute atomic E-state index is 8.56. The van der Waals surface area contributed by atoms with Gasteiger partial charge in [-0.15, -0.1) is 12.8 Å². The molecule has 0 saturated heterocycles. The predicted octanol–water partition coefficient (Wildman–Crippen LogP) is 0.624. The van der Waals surface area contributed by atoms with E-state index in [4.69, 9.17) is 15.0 Å². The van der Waals surface area contributed by atoms with E-state index < -0.39 is 6.16 Å². The Kier molecular flexibility index (Phi) is 53.2. The lowest BCUT2D eigenvalue weighted by atomic mass is 11.4. The van der Waals surface area contributed by atoms with Gasteiger partial charge in [0, 0.05) is 0 Å². The summed E-state index contributed by atoms with van der Waals surface area (Å²) in [4.78, 5) is 8.56. The molecule has 42 valence electrons. The molecule has 0 spiro atoms. The fourth-order valence-corrected chi connectivity index (χ4v) is 0. The Morgan fingerprint density at radius 2 is 1.29 bits per heavy atom. The number of carboxylic acid groups (broad SMARTS) is 2.